The molecule has 0 aliphatic carbocycles. The van der Waals surface area contributed by atoms with Gasteiger partial charge in [-0.1, -0.05) is 0 Å². The highest BCUT2D eigenvalue weighted by molar-refractivity contribution is 5.02. The van der Waals surface area contributed by atoms with Crippen molar-refractivity contribution in [1.82, 2.24) is 14.5 Å². The van der Waals surface area contributed by atoms with Crippen molar-refractivity contribution in [2.45, 2.75) is 26.9 Å². The van der Waals surface area contributed by atoms with Gasteiger partial charge in [-0.15, -0.1) is 0 Å². The van der Waals surface area contributed by atoms with Crippen molar-refractivity contribution in [3.63, 3.8) is 0 Å². The fourth-order valence-electron chi connectivity index (χ4n) is 1.96. The molecule has 0 amide bonds. The van der Waals surface area contributed by atoms with E-state index >= 15 is 0 Å². The van der Waals surface area contributed by atoms with E-state index in [1.165, 1.54) is 5.82 Å². The van der Waals surface area contributed by atoms with Gasteiger partial charge in [0, 0.05) is 25.8 Å². The molecule has 1 aromatic rings. The van der Waals surface area contributed by atoms with E-state index in [2.05, 4.69) is 34.5 Å². The van der Waals surface area contributed by atoms with Crippen LogP contribution in [0.3, 0.4) is 0 Å². The van der Waals surface area contributed by atoms with Crippen molar-refractivity contribution < 1.29 is 4.74 Å². The van der Waals surface area contributed by atoms with E-state index in [1.807, 2.05) is 0 Å². The predicted octanol–water partition coefficient (Wildman–Crippen LogP) is 1.04. The second-order valence-corrected chi connectivity index (χ2v) is 3.97. The van der Waals surface area contributed by atoms with E-state index in [4.69, 9.17) is 4.74 Å². The number of imidazole rings is 1. The number of hydrogen-bond donors (Lipinski definition) is 0. The average Bonchev–Trinajstić information content (AvgIpc) is 2.60. The number of morpholine rings is 1. The summed E-state index contributed by atoms with van der Waals surface area (Å²) < 4.78 is 7.56. The Hall–Kier alpha value is -0.870. The molecule has 1 aliphatic rings. The molecule has 1 aliphatic heterocycles. The van der Waals surface area contributed by atoms with Crippen LogP contribution in [0.1, 0.15) is 18.4 Å². The molecule has 15 heavy (non-hydrogen) atoms. The van der Waals surface area contributed by atoms with Gasteiger partial charge >= 0.3 is 0 Å². The van der Waals surface area contributed by atoms with Crippen molar-refractivity contribution >= 4 is 0 Å². The second-order valence-electron chi connectivity index (χ2n) is 3.97. The first-order chi connectivity index (χ1) is 7.29. The van der Waals surface area contributed by atoms with Crippen LogP contribution in [0.4, 0.5) is 0 Å². The molecule has 0 spiro atoms. The minimum absolute atomic E-state index is 0.853. The van der Waals surface area contributed by atoms with Crippen LogP contribution in [0.25, 0.3) is 0 Å². The van der Waals surface area contributed by atoms with Gasteiger partial charge in [0.05, 0.1) is 25.5 Å². The minimum atomic E-state index is 0.853. The third kappa shape index (κ3) is 2.58. The molecular weight excluding hydrogens is 190 g/mol. The molecule has 0 bridgehead atoms. The van der Waals surface area contributed by atoms with Crippen LogP contribution >= 0.6 is 0 Å². The smallest absolute Gasteiger partial charge is 0.123 e. The largest absolute Gasteiger partial charge is 0.379 e. The Kier molecular flexibility index (Phi) is 3.38. The molecule has 0 N–H and O–H groups in total. The molecule has 0 saturated carbocycles. The van der Waals surface area contributed by atoms with Crippen molar-refractivity contribution in [2.75, 3.05) is 26.3 Å². The number of aromatic nitrogens is 2. The summed E-state index contributed by atoms with van der Waals surface area (Å²) in [5.74, 6) is 1.18. The molecule has 0 radical (unpaired) electrons. The number of ether oxygens (including phenoxy) is 1. The van der Waals surface area contributed by atoms with Crippen molar-refractivity contribution in [3.05, 3.63) is 17.7 Å². The maximum Gasteiger partial charge on any atom is 0.123 e. The number of rotatable bonds is 3. The zero-order valence-corrected chi connectivity index (χ0v) is 9.57. The Labute approximate surface area is 90.9 Å². The van der Waals surface area contributed by atoms with Crippen LogP contribution in [0, 0.1) is 6.92 Å². The molecule has 4 heteroatoms. The maximum absolute atomic E-state index is 5.33. The highest BCUT2D eigenvalue weighted by Crippen LogP contribution is 2.07. The van der Waals surface area contributed by atoms with Crippen molar-refractivity contribution in [1.29, 1.82) is 0 Å². The van der Waals surface area contributed by atoms with Crippen molar-refractivity contribution in [2.24, 2.45) is 0 Å². The van der Waals surface area contributed by atoms with E-state index in [0.29, 0.717) is 0 Å². The quantitative estimate of drug-likeness (QED) is 0.745. The van der Waals surface area contributed by atoms with E-state index in [-0.39, 0.29) is 0 Å². The molecule has 2 heterocycles. The summed E-state index contributed by atoms with van der Waals surface area (Å²) in [7, 11) is 0. The van der Waals surface area contributed by atoms with Crippen LogP contribution in [-0.2, 0) is 17.8 Å². The highest BCUT2D eigenvalue weighted by Gasteiger charge is 2.13. The summed E-state index contributed by atoms with van der Waals surface area (Å²) in [6.45, 7) is 9.91. The topological polar surface area (TPSA) is 30.3 Å². The molecular formula is C11H19N3O. The lowest BCUT2D eigenvalue weighted by atomic mass is 10.4. The summed E-state index contributed by atoms with van der Waals surface area (Å²) in [6, 6.07) is 0. The molecule has 0 unspecified atom stereocenters. The number of hydrogen-bond acceptors (Lipinski definition) is 3. The minimum Gasteiger partial charge on any atom is -0.379 e. The molecule has 0 atom stereocenters. The van der Waals surface area contributed by atoms with Gasteiger partial charge in [0.2, 0.25) is 0 Å². The Morgan fingerprint density at radius 2 is 2.13 bits per heavy atom. The Bertz CT molecular complexity index is 316. The molecule has 1 saturated heterocycles. The fourth-order valence-corrected chi connectivity index (χ4v) is 1.96. The molecule has 0 aromatic carbocycles. The fraction of sp³-hybridized carbons (Fsp3) is 0.727. The first-order valence-electron chi connectivity index (χ1n) is 5.62. The highest BCUT2D eigenvalue weighted by atomic mass is 16.5. The first-order valence-corrected chi connectivity index (χ1v) is 5.62. The summed E-state index contributed by atoms with van der Waals surface area (Å²) in [4.78, 5) is 6.96. The second kappa shape index (κ2) is 4.77. The Balaban J connectivity index is 2.02. The summed E-state index contributed by atoms with van der Waals surface area (Å²) >= 11 is 0. The van der Waals surface area contributed by atoms with Crippen LogP contribution < -0.4 is 0 Å². The molecule has 4 nitrogen and oxygen atoms in total. The van der Waals surface area contributed by atoms with Crippen LogP contribution in [0.2, 0.25) is 0 Å². The monoisotopic (exact) mass is 209 g/mol. The van der Waals surface area contributed by atoms with Gasteiger partial charge in [-0.3, -0.25) is 4.90 Å². The Morgan fingerprint density at radius 1 is 1.40 bits per heavy atom. The lowest BCUT2D eigenvalue weighted by Crippen LogP contribution is -2.36. The van der Waals surface area contributed by atoms with Gasteiger partial charge in [-0.25, -0.2) is 4.98 Å². The predicted molar refractivity (Wildman–Crippen MR) is 58.7 cm³/mol. The third-order valence-electron chi connectivity index (χ3n) is 2.79. The lowest BCUT2D eigenvalue weighted by molar-refractivity contribution is 0.0326. The number of nitrogens with zero attached hydrogens (tertiary/aromatic N) is 3. The molecule has 1 fully saturated rings. The Morgan fingerprint density at radius 3 is 2.80 bits per heavy atom. The van der Waals surface area contributed by atoms with Crippen molar-refractivity contribution in [3.8, 4) is 0 Å². The van der Waals surface area contributed by atoms with Gasteiger partial charge < -0.3 is 9.30 Å². The summed E-state index contributed by atoms with van der Waals surface area (Å²) in [5.41, 5.74) is 1.11. The zero-order valence-electron chi connectivity index (χ0n) is 9.57. The van der Waals surface area contributed by atoms with Gasteiger partial charge in [-0.05, 0) is 13.8 Å². The van der Waals surface area contributed by atoms with E-state index in [1.54, 1.807) is 0 Å². The normalized spacial score (nSPS) is 18.3. The van der Waals surface area contributed by atoms with Gasteiger partial charge in [0.1, 0.15) is 5.82 Å². The van der Waals surface area contributed by atoms with Crippen LogP contribution in [0.15, 0.2) is 6.20 Å². The molecule has 1 aromatic heterocycles. The van der Waals surface area contributed by atoms with Crippen LogP contribution in [-0.4, -0.2) is 40.8 Å². The first kappa shape index (κ1) is 10.6. The third-order valence-corrected chi connectivity index (χ3v) is 2.79. The standard InChI is InChI=1S/C11H19N3O/c1-3-14-8-10(2)12-11(14)9-13-4-6-15-7-5-13/h8H,3-7,9H2,1-2H3. The van der Waals surface area contributed by atoms with Gasteiger partial charge in [0.15, 0.2) is 0 Å². The zero-order chi connectivity index (χ0) is 10.7. The van der Waals surface area contributed by atoms with Gasteiger partial charge in [-0.2, -0.15) is 0 Å². The van der Waals surface area contributed by atoms with Gasteiger partial charge in [0.25, 0.3) is 0 Å². The number of aryl methyl sites for hydroxylation is 2. The SMILES string of the molecule is CCn1cc(C)nc1CN1CCOCC1. The average molecular weight is 209 g/mol. The maximum atomic E-state index is 5.33. The lowest BCUT2D eigenvalue weighted by Gasteiger charge is -2.26. The summed E-state index contributed by atoms with van der Waals surface area (Å²) in [5, 5.41) is 0. The van der Waals surface area contributed by atoms with E-state index in [0.717, 1.165) is 45.1 Å². The van der Waals surface area contributed by atoms with E-state index < -0.39 is 0 Å². The molecule has 2 rings (SSSR count). The van der Waals surface area contributed by atoms with Crippen LogP contribution in [0.5, 0.6) is 0 Å². The summed E-state index contributed by atoms with van der Waals surface area (Å²) in [6.07, 6.45) is 2.12. The van der Waals surface area contributed by atoms with E-state index in [9.17, 15) is 0 Å². The molecule has 84 valence electrons.